The number of ether oxygens (including phenoxy) is 1. The van der Waals surface area contributed by atoms with Gasteiger partial charge in [-0.3, -0.25) is 0 Å². The number of rotatable bonds is 7. The molecule has 2 rings (SSSR count). The molecule has 1 heterocycles. The number of aromatic nitrogens is 1. The molecule has 0 aliphatic heterocycles. The quantitative estimate of drug-likeness (QED) is 0.580. The molecule has 1 aromatic heterocycles. The minimum atomic E-state index is -0.00265. The van der Waals surface area contributed by atoms with E-state index < -0.39 is 0 Å². The molecule has 0 aliphatic rings. The Kier molecular flexibility index (Phi) is 7.34. The van der Waals surface area contributed by atoms with Crippen molar-refractivity contribution in [2.75, 3.05) is 13.1 Å². The van der Waals surface area contributed by atoms with Gasteiger partial charge in [0, 0.05) is 22.6 Å². The highest BCUT2D eigenvalue weighted by Crippen LogP contribution is 2.16. The average molecular weight is 367 g/mol. The smallest absolute Gasteiger partial charge is 0.191 e. The van der Waals surface area contributed by atoms with Crippen LogP contribution in [0.3, 0.4) is 0 Å². The van der Waals surface area contributed by atoms with Crippen LogP contribution in [0.5, 0.6) is 5.75 Å². The third kappa shape index (κ3) is 6.37. The van der Waals surface area contributed by atoms with E-state index >= 15 is 0 Å². The van der Waals surface area contributed by atoms with Crippen LogP contribution in [0.15, 0.2) is 35.5 Å². The van der Waals surface area contributed by atoms with Crippen LogP contribution in [0.2, 0.25) is 5.02 Å². The summed E-state index contributed by atoms with van der Waals surface area (Å²) in [5.74, 6) is 1.56. The molecular weight excluding hydrogens is 344 g/mol. The number of aliphatic imine (C=N–C) groups is 1. The van der Waals surface area contributed by atoms with Gasteiger partial charge in [0.15, 0.2) is 5.96 Å². The molecule has 1 unspecified atom stereocenters. The lowest BCUT2D eigenvalue weighted by atomic mass is 10.3. The molecule has 5 nitrogen and oxygen atoms in total. The van der Waals surface area contributed by atoms with Crippen LogP contribution in [-0.4, -0.2) is 30.1 Å². The first kappa shape index (κ1) is 18.5. The molecular formula is C17H23ClN4OS. The van der Waals surface area contributed by atoms with E-state index in [1.54, 1.807) is 11.3 Å². The van der Waals surface area contributed by atoms with Crippen LogP contribution >= 0.6 is 22.9 Å². The zero-order valence-electron chi connectivity index (χ0n) is 14.2. The lowest BCUT2D eigenvalue weighted by Gasteiger charge is -2.17. The second kappa shape index (κ2) is 9.49. The maximum Gasteiger partial charge on any atom is 0.191 e. The van der Waals surface area contributed by atoms with Gasteiger partial charge in [-0.25, -0.2) is 9.98 Å². The average Bonchev–Trinajstić information content (AvgIpc) is 2.98. The number of benzene rings is 1. The number of hydrogen-bond donors (Lipinski definition) is 2. The number of hydrogen-bond acceptors (Lipinski definition) is 4. The lowest BCUT2D eigenvalue weighted by Crippen LogP contribution is -2.41. The van der Waals surface area contributed by atoms with Crippen LogP contribution in [0.4, 0.5) is 0 Å². The third-order valence-electron chi connectivity index (χ3n) is 3.09. The molecule has 0 amide bonds. The molecule has 24 heavy (non-hydrogen) atoms. The number of nitrogens with zero attached hydrogens (tertiary/aromatic N) is 2. The number of thiazole rings is 1. The number of aryl methyl sites for hydroxylation is 1. The topological polar surface area (TPSA) is 58.5 Å². The Morgan fingerprint density at radius 1 is 1.33 bits per heavy atom. The van der Waals surface area contributed by atoms with Crippen molar-refractivity contribution in [1.82, 2.24) is 15.6 Å². The molecule has 2 N–H and O–H groups in total. The van der Waals surface area contributed by atoms with E-state index in [-0.39, 0.29) is 6.10 Å². The zero-order chi connectivity index (χ0) is 17.4. The highest BCUT2D eigenvalue weighted by molar-refractivity contribution is 7.11. The fraction of sp³-hybridized carbons (Fsp3) is 0.412. The van der Waals surface area contributed by atoms with Crippen LogP contribution < -0.4 is 15.4 Å². The summed E-state index contributed by atoms with van der Waals surface area (Å²) < 4.78 is 5.85. The molecule has 0 spiro atoms. The van der Waals surface area contributed by atoms with Gasteiger partial charge in [-0.05, 0) is 45.0 Å². The minimum absolute atomic E-state index is 0.00265. The van der Waals surface area contributed by atoms with Crippen LogP contribution in [0, 0.1) is 6.92 Å². The van der Waals surface area contributed by atoms with Crippen molar-refractivity contribution >= 4 is 28.9 Å². The molecule has 0 fully saturated rings. The fourth-order valence-electron chi connectivity index (χ4n) is 1.99. The molecule has 0 radical (unpaired) electrons. The second-order valence-electron chi connectivity index (χ2n) is 5.32. The Labute approximate surface area is 152 Å². The normalized spacial score (nSPS) is 12.8. The monoisotopic (exact) mass is 366 g/mol. The number of guanidine groups is 1. The van der Waals surface area contributed by atoms with Gasteiger partial charge < -0.3 is 15.4 Å². The molecule has 1 atom stereocenters. The third-order valence-corrected chi connectivity index (χ3v) is 4.24. The van der Waals surface area contributed by atoms with E-state index in [1.165, 1.54) is 4.88 Å². The summed E-state index contributed by atoms with van der Waals surface area (Å²) >= 11 is 7.54. The predicted octanol–water partition coefficient (Wildman–Crippen LogP) is 3.63. The summed E-state index contributed by atoms with van der Waals surface area (Å²) in [6, 6.07) is 7.36. The van der Waals surface area contributed by atoms with Crippen molar-refractivity contribution in [3.8, 4) is 5.75 Å². The van der Waals surface area contributed by atoms with Gasteiger partial charge in [0.25, 0.3) is 0 Å². The van der Waals surface area contributed by atoms with E-state index in [0.717, 1.165) is 23.3 Å². The van der Waals surface area contributed by atoms with Gasteiger partial charge in [-0.1, -0.05) is 11.6 Å². The Bertz CT molecular complexity index is 657. The first-order valence-corrected chi connectivity index (χ1v) is 9.12. The van der Waals surface area contributed by atoms with Crippen molar-refractivity contribution in [3.63, 3.8) is 0 Å². The van der Waals surface area contributed by atoms with Gasteiger partial charge in [0.1, 0.15) is 16.9 Å². The highest BCUT2D eigenvalue weighted by atomic mass is 35.5. The summed E-state index contributed by atoms with van der Waals surface area (Å²) in [7, 11) is 0. The summed E-state index contributed by atoms with van der Waals surface area (Å²) in [6.07, 6.45) is 1.87. The van der Waals surface area contributed by atoms with E-state index in [2.05, 4.69) is 20.6 Å². The van der Waals surface area contributed by atoms with Crippen molar-refractivity contribution in [2.45, 2.75) is 33.4 Å². The first-order valence-electron chi connectivity index (χ1n) is 7.92. The van der Waals surface area contributed by atoms with E-state index in [0.29, 0.717) is 18.1 Å². The standard InChI is InChI=1S/C17H23ClN4OS/c1-4-19-17(22-11-16-20-10-13(3)24-16)21-9-12(2)23-15-7-5-14(18)6-8-15/h5-8,10,12H,4,9,11H2,1-3H3,(H2,19,21,22). The molecule has 0 bridgehead atoms. The Hall–Kier alpha value is -1.79. The van der Waals surface area contributed by atoms with Gasteiger partial charge in [0.05, 0.1) is 13.1 Å². The lowest BCUT2D eigenvalue weighted by molar-refractivity contribution is 0.224. The SMILES string of the molecule is CCNC(=NCc1ncc(C)s1)NCC(C)Oc1ccc(Cl)cc1. The van der Waals surface area contributed by atoms with E-state index in [9.17, 15) is 0 Å². The summed E-state index contributed by atoms with van der Waals surface area (Å²) in [4.78, 5) is 10.1. The summed E-state index contributed by atoms with van der Waals surface area (Å²) in [6.45, 7) is 8.11. The molecule has 1 aromatic carbocycles. The van der Waals surface area contributed by atoms with Gasteiger partial charge in [0.2, 0.25) is 0 Å². The fourth-order valence-corrected chi connectivity index (χ4v) is 2.83. The maximum atomic E-state index is 5.88. The highest BCUT2D eigenvalue weighted by Gasteiger charge is 2.06. The van der Waals surface area contributed by atoms with Crippen molar-refractivity contribution in [1.29, 1.82) is 0 Å². The Morgan fingerprint density at radius 3 is 2.71 bits per heavy atom. The summed E-state index contributed by atoms with van der Waals surface area (Å²) in [5.41, 5.74) is 0. The van der Waals surface area contributed by atoms with Crippen LogP contribution in [0.25, 0.3) is 0 Å². The first-order chi connectivity index (χ1) is 11.6. The van der Waals surface area contributed by atoms with E-state index in [1.807, 2.05) is 51.2 Å². The molecule has 7 heteroatoms. The van der Waals surface area contributed by atoms with Crippen molar-refractivity contribution in [2.24, 2.45) is 4.99 Å². The van der Waals surface area contributed by atoms with Crippen LogP contribution in [0.1, 0.15) is 23.7 Å². The summed E-state index contributed by atoms with van der Waals surface area (Å²) in [5, 5.41) is 8.23. The van der Waals surface area contributed by atoms with Gasteiger partial charge >= 0.3 is 0 Å². The van der Waals surface area contributed by atoms with Gasteiger partial charge in [-0.2, -0.15) is 0 Å². The van der Waals surface area contributed by atoms with Crippen LogP contribution in [-0.2, 0) is 6.54 Å². The molecule has 0 saturated heterocycles. The predicted molar refractivity (Wildman–Crippen MR) is 101 cm³/mol. The Morgan fingerprint density at radius 2 is 2.08 bits per heavy atom. The Balaban J connectivity index is 1.84. The maximum absolute atomic E-state index is 5.88. The van der Waals surface area contributed by atoms with Crippen molar-refractivity contribution < 1.29 is 4.74 Å². The molecule has 2 aromatic rings. The minimum Gasteiger partial charge on any atom is -0.489 e. The van der Waals surface area contributed by atoms with Gasteiger partial charge in [-0.15, -0.1) is 11.3 Å². The second-order valence-corrected chi connectivity index (χ2v) is 7.08. The largest absolute Gasteiger partial charge is 0.489 e. The molecule has 0 saturated carbocycles. The van der Waals surface area contributed by atoms with E-state index in [4.69, 9.17) is 16.3 Å². The molecule has 0 aliphatic carbocycles. The number of nitrogens with one attached hydrogen (secondary N) is 2. The number of halogens is 1. The molecule has 130 valence electrons. The van der Waals surface area contributed by atoms with Crippen molar-refractivity contribution in [3.05, 3.63) is 45.4 Å². The zero-order valence-corrected chi connectivity index (χ0v) is 15.7.